The number of halogens is 1. The van der Waals surface area contributed by atoms with Crippen molar-refractivity contribution in [1.82, 2.24) is 5.32 Å². The summed E-state index contributed by atoms with van der Waals surface area (Å²) in [4.78, 5) is 23.7. The van der Waals surface area contributed by atoms with Crippen molar-refractivity contribution in [2.75, 3.05) is 6.61 Å². The smallest absolute Gasteiger partial charge is 0.342 e. The van der Waals surface area contributed by atoms with Gasteiger partial charge in [0.1, 0.15) is 11.3 Å². The normalized spacial score (nSPS) is 11.6. The maximum Gasteiger partial charge on any atom is 0.342 e. The van der Waals surface area contributed by atoms with E-state index in [9.17, 15) is 14.7 Å². The van der Waals surface area contributed by atoms with Crippen molar-refractivity contribution < 1.29 is 19.4 Å². The Hall–Kier alpha value is -2.53. The first-order valence-corrected chi connectivity index (χ1v) is 7.35. The molecule has 0 heterocycles. The van der Waals surface area contributed by atoms with E-state index >= 15 is 0 Å². The molecule has 0 fully saturated rings. The molecule has 2 aromatic rings. The molecule has 2 aromatic carbocycles. The first kappa shape index (κ1) is 16.8. The fourth-order valence-corrected chi connectivity index (χ4v) is 2.34. The zero-order valence-electron chi connectivity index (χ0n) is 12.5. The highest BCUT2D eigenvalue weighted by Gasteiger charge is 2.16. The van der Waals surface area contributed by atoms with E-state index in [-0.39, 0.29) is 17.4 Å². The van der Waals surface area contributed by atoms with Crippen LogP contribution in [0.1, 0.15) is 28.9 Å². The van der Waals surface area contributed by atoms with Gasteiger partial charge in [-0.1, -0.05) is 41.9 Å². The third-order valence-corrected chi connectivity index (χ3v) is 3.55. The number of hydrogen-bond acceptors (Lipinski definition) is 4. The average molecular weight is 334 g/mol. The number of para-hydroxylation sites is 1. The van der Waals surface area contributed by atoms with Gasteiger partial charge in [-0.2, -0.15) is 0 Å². The summed E-state index contributed by atoms with van der Waals surface area (Å²) < 4.78 is 4.89. The fraction of sp³-hybridized carbons (Fsp3) is 0.176. The van der Waals surface area contributed by atoms with Crippen molar-refractivity contribution >= 4 is 23.5 Å². The molecule has 0 bridgehead atoms. The van der Waals surface area contributed by atoms with Crippen LogP contribution in [0.15, 0.2) is 48.5 Å². The molecule has 0 aliphatic carbocycles. The van der Waals surface area contributed by atoms with Gasteiger partial charge < -0.3 is 15.2 Å². The average Bonchev–Trinajstić information content (AvgIpc) is 2.53. The monoisotopic (exact) mass is 333 g/mol. The van der Waals surface area contributed by atoms with Crippen LogP contribution in [-0.4, -0.2) is 23.6 Å². The van der Waals surface area contributed by atoms with Gasteiger partial charge in [-0.25, -0.2) is 4.79 Å². The zero-order valence-corrected chi connectivity index (χ0v) is 13.2. The summed E-state index contributed by atoms with van der Waals surface area (Å²) in [5.41, 5.74) is 0.786. The third-order valence-electron chi connectivity index (χ3n) is 3.21. The summed E-state index contributed by atoms with van der Waals surface area (Å²) in [5, 5.41) is 12.8. The van der Waals surface area contributed by atoms with E-state index in [1.165, 1.54) is 12.1 Å². The maximum atomic E-state index is 11.9. The maximum absolute atomic E-state index is 11.9. The third kappa shape index (κ3) is 4.47. The number of benzene rings is 2. The number of carbonyl (C=O) groups excluding carboxylic acids is 2. The van der Waals surface area contributed by atoms with Crippen molar-refractivity contribution in [3.63, 3.8) is 0 Å². The summed E-state index contributed by atoms with van der Waals surface area (Å²) in [6.07, 6.45) is 0. The first-order valence-electron chi connectivity index (χ1n) is 6.98. The van der Waals surface area contributed by atoms with Crippen molar-refractivity contribution in [1.29, 1.82) is 0 Å². The van der Waals surface area contributed by atoms with Crippen LogP contribution in [0, 0.1) is 0 Å². The van der Waals surface area contributed by atoms with E-state index in [1.807, 2.05) is 6.07 Å². The summed E-state index contributed by atoms with van der Waals surface area (Å²) in [5.74, 6) is -1.41. The van der Waals surface area contributed by atoms with Crippen LogP contribution in [0.2, 0.25) is 5.02 Å². The van der Waals surface area contributed by atoms with E-state index in [1.54, 1.807) is 37.3 Å². The topological polar surface area (TPSA) is 75.6 Å². The fourth-order valence-electron chi connectivity index (χ4n) is 2.04. The minimum absolute atomic E-state index is 0.0134. The quantitative estimate of drug-likeness (QED) is 0.824. The van der Waals surface area contributed by atoms with Gasteiger partial charge >= 0.3 is 5.97 Å². The Labute approximate surface area is 138 Å². The molecule has 5 nitrogen and oxygen atoms in total. The Morgan fingerprint density at radius 3 is 2.52 bits per heavy atom. The number of phenolic OH excluding ortho intramolecular Hbond substituents is 1. The number of nitrogens with one attached hydrogen (secondary N) is 1. The largest absolute Gasteiger partial charge is 0.507 e. The van der Waals surface area contributed by atoms with Crippen molar-refractivity contribution in [3.05, 3.63) is 64.7 Å². The van der Waals surface area contributed by atoms with Crippen LogP contribution >= 0.6 is 11.6 Å². The summed E-state index contributed by atoms with van der Waals surface area (Å²) >= 11 is 6.06. The molecule has 0 aromatic heterocycles. The van der Waals surface area contributed by atoms with Crippen LogP contribution in [0.5, 0.6) is 5.75 Å². The highest BCUT2D eigenvalue weighted by atomic mass is 35.5. The molecular weight excluding hydrogens is 318 g/mol. The van der Waals surface area contributed by atoms with Gasteiger partial charge in [-0.05, 0) is 30.7 Å². The molecule has 23 heavy (non-hydrogen) atoms. The Kier molecular flexibility index (Phi) is 5.60. The molecule has 0 radical (unpaired) electrons. The van der Waals surface area contributed by atoms with Crippen molar-refractivity contribution in [3.8, 4) is 5.75 Å². The second-order valence-electron chi connectivity index (χ2n) is 4.90. The molecular formula is C17H16ClNO4. The van der Waals surface area contributed by atoms with E-state index in [2.05, 4.69) is 5.32 Å². The minimum Gasteiger partial charge on any atom is -0.507 e. The van der Waals surface area contributed by atoms with Gasteiger partial charge in [0.2, 0.25) is 0 Å². The Balaban J connectivity index is 1.89. The number of aromatic hydroxyl groups is 1. The standard InChI is InChI=1S/C17H16ClNO4/c1-11(12-6-2-4-8-14(12)18)19-16(21)10-23-17(22)13-7-3-5-9-15(13)20/h2-9,11,20H,10H2,1H3,(H,19,21)/t11-/m1/s1. The van der Waals surface area contributed by atoms with Crippen molar-refractivity contribution in [2.24, 2.45) is 0 Å². The number of hydrogen-bond donors (Lipinski definition) is 2. The second kappa shape index (κ2) is 7.65. The van der Waals surface area contributed by atoms with E-state index < -0.39 is 18.5 Å². The Bertz CT molecular complexity index is 717. The van der Waals surface area contributed by atoms with Gasteiger partial charge in [0, 0.05) is 5.02 Å². The molecule has 120 valence electrons. The van der Waals surface area contributed by atoms with Crippen LogP contribution in [0.3, 0.4) is 0 Å². The number of phenols is 1. The molecule has 0 saturated carbocycles. The van der Waals surface area contributed by atoms with Crippen LogP contribution in [0.4, 0.5) is 0 Å². The molecule has 6 heteroatoms. The predicted octanol–water partition coefficient (Wildman–Crippen LogP) is 3.08. The molecule has 0 unspecified atom stereocenters. The van der Waals surface area contributed by atoms with E-state index in [0.29, 0.717) is 5.02 Å². The Morgan fingerprint density at radius 1 is 1.17 bits per heavy atom. The van der Waals surface area contributed by atoms with E-state index in [4.69, 9.17) is 16.3 Å². The van der Waals surface area contributed by atoms with Gasteiger partial charge in [0.05, 0.1) is 6.04 Å². The molecule has 0 saturated heterocycles. The lowest BCUT2D eigenvalue weighted by molar-refractivity contribution is -0.124. The van der Waals surface area contributed by atoms with Gasteiger partial charge in [-0.15, -0.1) is 0 Å². The zero-order chi connectivity index (χ0) is 16.8. The Morgan fingerprint density at radius 2 is 1.83 bits per heavy atom. The molecule has 1 amide bonds. The van der Waals surface area contributed by atoms with Crippen LogP contribution in [0.25, 0.3) is 0 Å². The van der Waals surface area contributed by atoms with Crippen LogP contribution in [-0.2, 0) is 9.53 Å². The predicted molar refractivity (Wildman–Crippen MR) is 86.4 cm³/mol. The molecule has 0 aliphatic heterocycles. The van der Waals surface area contributed by atoms with Gasteiger partial charge in [-0.3, -0.25) is 4.79 Å². The molecule has 2 N–H and O–H groups in total. The molecule has 2 rings (SSSR count). The second-order valence-corrected chi connectivity index (χ2v) is 5.31. The summed E-state index contributed by atoms with van der Waals surface area (Å²) in [7, 11) is 0. The van der Waals surface area contributed by atoms with Crippen molar-refractivity contribution in [2.45, 2.75) is 13.0 Å². The number of carbonyl (C=O) groups is 2. The first-order chi connectivity index (χ1) is 11.0. The molecule has 0 spiro atoms. The van der Waals surface area contributed by atoms with Crippen LogP contribution < -0.4 is 5.32 Å². The number of ether oxygens (including phenoxy) is 1. The number of esters is 1. The van der Waals surface area contributed by atoms with Gasteiger partial charge in [0.15, 0.2) is 6.61 Å². The minimum atomic E-state index is -0.761. The lowest BCUT2D eigenvalue weighted by Gasteiger charge is -2.15. The van der Waals surface area contributed by atoms with E-state index in [0.717, 1.165) is 5.56 Å². The molecule has 1 atom stereocenters. The van der Waals surface area contributed by atoms with Gasteiger partial charge in [0.25, 0.3) is 5.91 Å². The summed E-state index contributed by atoms with van der Waals surface area (Å²) in [6.45, 7) is 1.34. The lowest BCUT2D eigenvalue weighted by atomic mass is 10.1. The summed E-state index contributed by atoms with van der Waals surface area (Å²) in [6, 6.07) is 12.8. The number of rotatable bonds is 5. The highest BCUT2D eigenvalue weighted by Crippen LogP contribution is 2.22. The lowest BCUT2D eigenvalue weighted by Crippen LogP contribution is -2.31. The number of amides is 1. The molecule has 0 aliphatic rings. The SMILES string of the molecule is C[C@@H](NC(=O)COC(=O)c1ccccc1O)c1ccccc1Cl. The highest BCUT2D eigenvalue weighted by molar-refractivity contribution is 6.31.